The molecule has 2 aliphatic heterocycles. The van der Waals surface area contributed by atoms with Crippen LogP contribution >= 0.6 is 11.3 Å². The molecule has 0 aliphatic carbocycles. The van der Waals surface area contributed by atoms with Gasteiger partial charge in [0.05, 0.1) is 25.1 Å². The van der Waals surface area contributed by atoms with Crippen molar-refractivity contribution in [2.45, 2.75) is 18.9 Å². The fourth-order valence-corrected chi connectivity index (χ4v) is 5.48. The van der Waals surface area contributed by atoms with Crippen molar-refractivity contribution in [1.29, 1.82) is 0 Å². The molecule has 4 nitrogen and oxygen atoms in total. The smallest absolute Gasteiger partial charge is 0.264 e. The predicted octanol–water partition coefficient (Wildman–Crippen LogP) is 4.21. The summed E-state index contributed by atoms with van der Waals surface area (Å²) in [6.45, 7) is 0.750. The van der Waals surface area contributed by atoms with E-state index in [9.17, 15) is 4.79 Å². The van der Waals surface area contributed by atoms with Crippen LogP contribution in [0.15, 0.2) is 36.4 Å². The molecule has 5 rings (SSSR count). The lowest BCUT2D eigenvalue weighted by Gasteiger charge is -2.40. The highest BCUT2D eigenvalue weighted by molar-refractivity contribution is 7.21. The zero-order valence-electron chi connectivity index (χ0n) is 14.7. The summed E-state index contributed by atoms with van der Waals surface area (Å²) in [6, 6.07) is 12.5. The van der Waals surface area contributed by atoms with E-state index in [0.29, 0.717) is 0 Å². The number of carbonyl (C=O) groups excluding carboxylic acids is 1. The van der Waals surface area contributed by atoms with E-state index in [-0.39, 0.29) is 11.9 Å². The second-order valence-corrected chi connectivity index (χ2v) is 7.83. The molecule has 0 radical (unpaired) electrons. The Balaban J connectivity index is 1.67. The van der Waals surface area contributed by atoms with Gasteiger partial charge < -0.3 is 14.4 Å². The van der Waals surface area contributed by atoms with E-state index < -0.39 is 0 Å². The van der Waals surface area contributed by atoms with E-state index in [4.69, 9.17) is 9.47 Å². The van der Waals surface area contributed by atoms with Gasteiger partial charge in [0.2, 0.25) is 0 Å². The first kappa shape index (κ1) is 15.7. The summed E-state index contributed by atoms with van der Waals surface area (Å²) in [6.07, 6.45) is 1.70. The normalized spacial score (nSPS) is 18.3. The van der Waals surface area contributed by atoms with Crippen molar-refractivity contribution in [2.75, 3.05) is 20.8 Å². The largest absolute Gasteiger partial charge is 0.493 e. The Morgan fingerprint density at radius 3 is 2.69 bits per heavy atom. The maximum atomic E-state index is 13.2. The molecule has 132 valence electrons. The van der Waals surface area contributed by atoms with Crippen LogP contribution in [0.3, 0.4) is 0 Å². The van der Waals surface area contributed by atoms with Crippen molar-refractivity contribution in [2.24, 2.45) is 0 Å². The molecule has 5 heteroatoms. The number of carbonyl (C=O) groups is 1. The number of thiophene rings is 1. The Morgan fingerprint density at radius 2 is 1.88 bits per heavy atom. The van der Waals surface area contributed by atoms with Gasteiger partial charge in [0, 0.05) is 11.2 Å². The maximum absolute atomic E-state index is 13.2. The minimum Gasteiger partial charge on any atom is -0.493 e. The first-order valence-corrected chi connectivity index (χ1v) is 9.59. The molecule has 1 amide bonds. The second kappa shape index (κ2) is 5.74. The summed E-state index contributed by atoms with van der Waals surface area (Å²) in [7, 11) is 3.31. The monoisotopic (exact) mass is 365 g/mol. The molecular formula is C21H19NO3S. The standard InChI is InChI=1S/C21H19NO3S/c1-24-17-9-12-7-8-22-16(14(12)11-18(17)25-2)10-15-13-5-3-4-6-19(13)26-20(15)21(22)23/h3-6,9,11,16H,7-8,10H2,1-2H3/t16-/m1/s1. The summed E-state index contributed by atoms with van der Waals surface area (Å²) < 4.78 is 12.2. The first-order chi connectivity index (χ1) is 12.7. The van der Waals surface area contributed by atoms with Gasteiger partial charge in [-0.15, -0.1) is 11.3 Å². The number of methoxy groups -OCH3 is 2. The fourth-order valence-electron chi connectivity index (χ4n) is 4.29. The zero-order chi connectivity index (χ0) is 17.8. The van der Waals surface area contributed by atoms with Gasteiger partial charge in [0.15, 0.2) is 11.5 Å². The molecule has 2 aliphatic rings. The van der Waals surface area contributed by atoms with Gasteiger partial charge in [-0.2, -0.15) is 0 Å². The van der Waals surface area contributed by atoms with Crippen LogP contribution in [0, 0.1) is 0 Å². The van der Waals surface area contributed by atoms with Gasteiger partial charge in [-0.25, -0.2) is 0 Å². The molecule has 1 atom stereocenters. The van der Waals surface area contributed by atoms with Crippen molar-refractivity contribution < 1.29 is 14.3 Å². The third-order valence-corrected chi connectivity index (χ3v) is 6.75. The van der Waals surface area contributed by atoms with Crippen LogP contribution in [0.4, 0.5) is 0 Å². The van der Waals surface area contributed by atoms with Crippen LogP contribution in [-0.2, 0) is 12.8 Å². The topological polar surface area (TPSA) is 38.8 Å². The molecule has 3 aromatic rings. The first-order valence-electron chi connectivity index (χ1n) is 8.77. The van der Waals surface area contributed by atoms with E-state index in [1.807, 2.05) is 11.0 Å². The third-order valence-electron chi connectivity index (χ3n) is 5.55. The molecule has 0 saturated heterocycles. The van der Waals surface area contributed by atoms with Crippen LogP contribution in [-0.4, -0.2) is 31.6 Å². The molecule has 0 spiro atoms. The van der Waals surface area contributed by atoms with E-state index >= 15 is 0 Å². The molecule has 2 aromatic carbocycles. The van der Waals surface area contributed by atoms with E-state index in [1.54, 1.807) is 25.6 Å². The summed E-state index contributed by atoms with van der Waals surface area (Å²) in [4.78, 5) is 16.1. The molecule has 1 aromatic heterocycles. The van der Waals surface area contributed by atoms with Crippen molar-refractivity contribution >= 4 is 27.3 Å². The van der Waals surface area contributed by atoms with Crippen molar-refractivity contribution in [3.63, 3.8) is 0 Å². The van der Waals surface area contributed by atoms with Gasteiger partial charge in [-0.1, -0.05) is 18.2 Å². The Labute approximate surface area is 156 Å². The summed E-state index contributed by atoms with van der Waals surface area (Å²) >= 11 is 1.62. The highest BCUT2D eigenvalue weighted by Crippen LogP contribution is 2.45. The second-order valence-electron chi connectivity index (χ2n) is 6.78. The van der Waals surface area contributed by atoms with Crippen LogP contribution in [0.1, 0.15) is 32.4 Å². The molecule has 0 saturated carbocycles. The predicted molar refractivity (Wildman–Crippen MR) is 103 cm³/mol. The quantitative estimate of drug-likeness (QED) is 0.683. The Bertz CT molecular complexity index is 1040. The highest BCUT2D eigenvalue weighted by atomic mass is 32.1. The number of hydrogen-bond acceptors (Lipinski definition) is 4. The minimum atomic E-state index is 0.0663. The number of nitrogens with zero attached hydrogens (tertiary/aromatic N) is 1. The lowest BCUT2D eigenvalue weighted by molar-refractivity contribution is 0.0639. The lowest BCUT2D eigenvalue weighted by Crippen LogP contribution is -2.43. The summed E-state index contributed by atoms with van der Waals surface area (Å²) in [5.74, 6) is 1.64. The van der Waals surface area contributed by atoms with Crippen LogP contribution < -0.4 is 9.47 Å². The number of fused-ring (bicyclic) bond motifs is 6. The molecule has 26 heavy (non-hydrogen) atoms. The third kappa shape index (κ3) is 2.10. The molecule has 0 bridgehead atoms. The number of ether oxygens (including phenoxy) is 2. The van der Waals surface area contributed by atoms with Gasteiger partial charge in [0.1, 0.15) is 0 Å². The number of benzene rings is 2. The van der Waals surface area contributed by atoms with Crippen molar-refractivity contribution in [3.8, 4) is 11.5 Å². The van der Waals surface area contributed by atoms with Gasteiger partial charge >= 0.3 is 0 Å². The highest BCUT2D eigenvalue weighted by Gasteiger charge is 2.39. The van der Waals surface area contributed by atoms with Crippen molar-refractivity contribution in [3.05, 3.63) is 58.0 Å². The molecule has 3 heterocycles. The molecule has 0 N–H and O–H groups in total. The Morgan fingerprint density at radius 1 is 1.12 bits per heavy atom. The van der Waals surface area contributed by atoms with Gasteiger partial charge in [0.25, 0.3) is 5.91 Å². The Hall–Kier alpha value is -2.53. The SMILES string of the molecule is COc1cc2c(cc1OC)[C@H]1Cc3c(sc4ccccc34)C(=O)N1CC2. The summed E-state index contributed by atoms with van der Waals surface area (Å²) in [5.41, 5.74) is 3.63. The van der Waals surface area contributed by atoms with Crippen LogP contribution in [0.25, 0.3) is 10.1 Å². The average molecular weight is 365 g/mol. The van der Waals surface area contributed by atoms with Crippen LogP contribution in [0.2, 0.25) is 0 Å². The number of hydrogen-bond donors (Lipinski definition) is 0. The zero-order valence-corrected chi connectivity index (χ0v) is 15.6. The van der Waals surface area contributed by atoms with Crippen LogP contribution in [0.5, 0.6) is 11.5 Å². The number of amides is 1. The minimum absolute atomic E-state index is 0.0663. The van der Waals surface area contributed by atoms with E-state index in [1.165, 1.54) is 26.8 Å². The number of rotatable bonds is 2. The van der Waals surface area contributed by atoms with Gasteiger partial charge in [-0.3, -0.25) is 4.79 Å². The fraction of sp³-hybridized carbons (Fsp3) is 0.286. The maximum Gasteiger partial charge on any atom is 0.264 e. The molecular weight excluding hydrogens is 346 g/mol. The van der Waals surface area contributed by atoms with E-state index in [2.05, 4.69) is 30.3 Å². The van der Waals surface area contributed by atoms with Gasteiger partial charge in [-0.05, 0) is 53.1 Å². The summed E-state index contributed by atoms with van der Waals surface area (Å²) in [5, 5.41) is 1.22. The molecule has 0 fully saturated rings. The Kier molecular flexibility index (Phi) is 3.47. The lowest BCUT2D eigenvalue weighted by atomic mass is 9.85. The molecule has 0 unspecified atom stereocenters. The van der Waals surface area contributed by atoms with Crippen molar-refractivity contribution in [1.82, 2.24) is 4.90 Å². The van der Waals surface area contributed by atoms with E-state index in [0.717, 1.165) is 35.8 Å². The average Bonchev–Trinajstić information content (AvgIpc) is 3.06.